The summed E-state index contributed by atoms with van der Waals surface area (Å²) < 4.78 is 7.57. The summed E-state index contributed by atoms with van der Waals surface area (Å²) in [5.74, 6) is 1.41. The summed E-state index contributed by atoms with van der Waals surface area (Å²) in [5.41, 5.74) is 5.08. The molecule has 7 heteroatoms. The highest BCUT2D eigenvalue weighted by Crippen LogP contribution is 2.32. The predicted octanol–water partition coefficient (Wildman–Crippen LogP) is 2.17. The van der Waals surface area contributed by atoms with Gasteiger partial charge in [0, 0.05) is 5.56 Å². The Hall–Kier alpha value is -2.60. The molecular formula is C17H14BClN4O. The average Bonchev–Trinajstić information content (AvgIpc) is 2.99. The van der Waals surface area contributed by atoms with Gasteiger partial charge in [-0.25, -0.2) is 4.98 Å². The van der Waals surface area contributed by atoms with Gasteiger partial charge in [-0.1, -0.05) is 29.2 Å². The molecule has 0 bridgehead atoms. The van der Waals surface area contributed by atoms with Crippen LogP contribution in [0.1, 0.15) is 5.69 Å². The topological polar surface area (TPSA) is 52.3 Å². The van der Waals surface area contributed by atoms with Crippen LogP contribution >= 0.6 is 11.6 Å². The van der Waals surface area contributed by atoms with Crippen molar-refractivity contribution in [3.63, 3.8) is 0 Å². The van der Waals surface area contributed by atoms with Crippen molar-refractivity contribution in [3.8, 4) is 17.1 Å². The fraction of sp³-hybridized carbons (Fsp3) is 0.118. The molecule has 0 aliphatic heterocycles. The maximum atomic E-state index is 6.38. The van der Waals surface area contributed by atoms with Crippen molar-refractivity contribution in [2.24, 2.45) is 0 Å². The second-order valence-corrected chi connectivity index (χ2v) is 6.10. The van der Waals surface area contributed by atoms with Crippen LogP contribution in [0, 0.1) is 6.92 Å². The van der Waals surface area contributed by atoms with E-state index < -0.39 is 0 Å². The lowest BCUT2D eigenvalue weighted by molar-refractivity contribution is 0.419. The van der Waals surface area contributed by atoms with Crippen molar-refractivity contribution in [3.05, 3.63) is 47.1 Å². The first-order chi connectivity index (χ1) is 11.6. The first kappa shape index (κ1) is 15.0. The van der Waals surface area contributed by atoms with E-state index in [0.29, 0.717) is 16.5 Å². The van der Waals surface area contributed by atoms with E-state index in [-0.39, 0.29) is 0 Å². The highest BCUT2D eigenvalue weighted by Gasteiger charge is 2.18. The van der Waals surface area contributed by atoms with E-state index in [1.54, 1.807) is 7.11 Å². The molecule has 0 aliphatic carbocycles. The monoisotopic (exact) mass is 336 g/mol. The lowest BCUT2D eigenvalue weighted by Crippen LogP contribution is -2.07. The molecule has 0 unspecified atom stereocenters. The smallest absolute Gasteiger partial charge is 0.183 e. The minimum absolute atomic E-state index is 0.625. The number of benzene rings is 2. The molecule has 4 rings (SSSR count). The molecule has 118 valence electrons. The Morgan fingerprint density at radius 1 is 1.17 bits per heavy atom. The summed E-state index contributed by atoms with van der Waals surface area (Å²) in [6.45, 7) is 1.93. The fourth-order valence-electron chi connectivity index (χ4n) is 2.97. The zero-order valence-corrected chi connectivity index (χ0v) is 14.3. The highest BCUT2D eigenvalue weighted by molar-refractivity contribution is 6.33. The van der Waals surface area contributed by atoms with Crippen molar-refractivity contribution >= 4 is 41.6 Å². The molecule has 2 aromatic heterocycles. The molecule has 2 heterocycles. The molecule has 0 spiro atoms. The van der Waals surface area contributed by atoms with Crippen molar-refractivity contribution in [1.29, 1.82) is 0 Å². The molecule has 5 nitrogen and oxygen atoms in total. The van der Waals surface area contributed by atoms with E-state index >= 15 is 0 Å². The summed E-state index contributed by atoms with van der Waals surface area (Å²) in [6.07, 6.45) is 0. The second kappa shape index (κ2) is 5.49. The van der Waals surface area contributed by atoms with E-state index in [1.165, 1.54) is 0 Å². The lowest BCUT2D eigenvalue weighted by atomic mass is 9.95. The van der Waals surface area contributed by atoms with Crippen LogP contribution in [-0.4, -0.2) is 34.5 Å². The van der Waals surface area contributed by atoms with Gasteiger partial charge in [0.05, 0.1) is 23.3 Å². The summed E-state index contributed by atoms with van der Waals surface area (Å²) >= 11 is 6.38. The quantitative estimate of drug-likeness (QED) is 0.527. The SMILES string of the molecule is Bc1cc(OC)c2c(c1)nc(C)c1nnc(-c3ccccc3Cl)n12. The molecule has 0 N–H and O–H groups in total. The normalized spacial score (nSPS) is 11.3. The third kappa shape index (κ3) is 2.14. The van der Waals surface area contributed by atoms with Crippen molar-refractivity contribution in [2.45, 2.75) is 6.92 Å². The van der Waals surface area contributed by atoms with E-state index in [4.69, 9.17) is 16.3 Å². The van der Waals surface area contributed by atoms with E-state index in [1.807, 2.05) is 55.6 Å². The molecule has 0 aliphatic rings. The molecule has 4 aromatic rings. The lowest BCUT2D eigenvalue weighted by Gasteiger charge is -2.12. The Balaban J connectivity index is 2.22. The van der Waals surface area contributed by atoms with Gasteiger partial charge in [0.2, 0.25) is 0 Å². The minimum atomic E-state index is 0.625. The van der Waals surface area contributed by atoms with E-state index in [0.717, 1.165) is 33.5 Å². The van der Waals surface area contributed by atoms with Crippen molar-refractivity contribution < 1.29 is 4.74 Å². The number of ether oxygens (including phenoxy) is 1. The highest BCUT2D eigenvalue weighted by atomic mass is 35.5. The maximum Gasteiger partial charge on any atom is 0.183 e. The number of aryl methyl sites for hydroxylation is 1. The third-order valence-corrected chi connectivity index (χ3v) is 4.36. The van der Waals surface area contributed by atoms with Crippen LogP contribution in [0.4, 0.5) is 0 Å². The zero-order valence-electron chi connectivity index (χ0n) is 13.5. The van der Waals surface area contributed by atoms with E-state index in [9.17, 15) is 0 Å². The number of hydrogen-bond donors (Lipinski definition) is 0. The predicted molar refractivity (Wildman–Crippen MR) is 98.2 cm³/mol. The van der Waals surface area contributed by atoms with Crippen LogP contribution in [-0.2, 0) is 0 Å². The molecule has 0 atom stereocenters. The maximum absolute atomic E-state index is 6.38. The Morgan fingerprint density at radius 2 is 1.96 bits per heavy atom. The van der Waals surface area contributed by atoms with Gasteiger partial charge in [-0.15, -0.1) is 10.2 Å². The number of rotatable bonds is 2. The summed E-state index contributed by atoms with van der Waals surface area (Å²) in [5, 5.41) is 9.31. The van der Waals surface area contributed by atoms with Crippen LogP contribution in [0.5, 0.6) is 5.75 Å². The average molecular weight is 337 g/mol. The number of halogens is 1. The number of methoxy groups -OCH3 is 1. The zero-order chi connectivity index (χ0) is 16.8. The first-order valence-electron chi connectivity index (χ1n) is 7.55. The molecule has 0 radical (unpaired) electrons. The molecule has 0 saturated heterocycles. The number of hydrogen-bond acceptors (Lipinski definition) is 4. The Morgan fingerprint density at radius 3 is 2.71 bits per heavy atom. The van der Waals surface area contributed by atoms with Gasteiger partial charge in [0.1, 0.15) is 19.1 Å². The van der Waals surface area contributed by atoms with Gasteiger partial charge in [-0.2, -0.15) is 0 Å². The number of fused-ring (bicyclic) bond motifs is 3. The van der Waals surface area contributed by atoms with Crippen molar-refractivity contribution in [1.82, 2.24) is 19.6 Å². The first-order valence-corrected chi connectivity index (χ1v) is 7.93. The number of aromatic nitrogens is 4. The van der Waals surface area contributed by atoms with Gasteiger partial charge >= 0.3 is 0 Å². The third-order valence-electron chi connectivity index (χ3n) is 4.03. The molecule has 2 aromatic carbocycles. The van der Waals surface area contributed by atoms with Gasteiger partial charge < -0.3 is 4.74 Å². The molecule has 0 fully saturated rings. The summed E-state index contributed by atoms with van der Waals surface area (Å²) in [6, 6.07) is 11.6. The van der Waals surface area contributed by atoms with Gasteiger partial charge in [-0.3, -0.25) is 4.40 Å². The Bertz CT molecular complexity index is 1090. The summed E-state index contributed by atoms with van der Waals surface area (Å²) in [4.78, 5) is 4.67. The van der Waals surface area contributed by atoms with E-state index in [2.05, 4.69) is 15.2 Å². The van der Waals surface area contributed by atoms with Gasteiger partial charge in [-0.05, 0) is 31.2 Å². The van der Waals surface area contributed by atoms with Gasteiger partial charge in [0.15, 0.2) is 11.5 Å². The standard InChI is InChI=1S/C17H14BClN4O/c1-9-16-21-22-17(11-5-3-4-6-12(11)19)23(16)15-13(20-9)7-10(18)8-14(15)24-2/h3-8H,18H2,1-2H3. The Labute approximate surface area is 144 Å². The number of nitrogens with zero attached hydrogens (tertiary/aromatic N) is 4. The van der Waals surface area contributed by atoms with Crippen LogP contribution in [0.3, 0.4) is 0 Å². The van der Waals surface area contributed by atoms with Crippen LogP contribution in [0.2, 0.25) is 5.02 Å². The fourth-order valence-corrected chi connectivity index (χ4v) is 3.19. The molecule has 0 amide bonds. The largest absolute Gasteiger partial charge is 0.494 e. The molecule has 24 heavy (non-hydrogen) atoms. The van der Waals surface area contributed by atoms with Crippen molar-refractivity contribution in [2.75, 3.05) is 7.11 Å². The van der Waals surface area contributed by atoms with Crippen LogP contribution in [0.25, 0.3) is 28.1 Å². The summed E-state index contributed by atoms with van der Waals surface area (Å²) in [7, 11) is 3.67. The van der Waals surface area contributed by atoms with Crippen LogP contribution in [0.15, 0.2) is 36.4 Å². The van der Waals surface area contributed by atoms with Crippen LogP contribution < -0.4 is 10.2 Å². The Kier molecular flexibility index (Phi) is 3.42. The van der Waals surface area contributed by atoms with Gasteiger partial charge in [0.25, 0.3) is 0 Å². The minimum Gasteiger partial charge on any atom is -0.494 e. The molecular weight excluding hydrogens is 322 g/mol. The second-order valence-electron chi connectivity index (χ2n) is 5.69. The molecule has 0 saturated carbocycles.